The monoisotopic (exact) mass is 475 g/mol. The van der Waals surface area contributed by atoms with Gasteiger partial charge in [-0.25, -0.2) is 14.6 Å². The van der Waals surface area contributed by atoms with Crippen molar-refractivity contribution < 1.29 is 29.2 Å². The van der Waals surface area contributed by atoms with Crippen LogP contribution in [0, 0.1) is 10.1 Å². The molecule has 2 rings (SSSR count). The first-order valence-electron chi connectivity index (χ1n) is 10.1. The summed E-state index contributed by atoms with van der Waals surface area (Å²) >= 11 is 0. The Hall–Kier alpha value is -4.62. The molecule has 0 saturated heterocycles. The molecule has 0 spiro atoms. The van der Waals surface area contributed by atoms with E-state index in [0.717, 1.165) is 0 Å². The van der Waals surface area contributed by atoms with Gasteiger partial charge in [0.05, 0.1) is 42.5 Å². The van der Waals surface area contributed by atoms with Crippen molar-refractivity contribution in [3.05, 3.63) is 46.0 Å². The molecule has 0 aliphatic heterocycles. The molecule has 0 aliphatic carbocycles. The molecule has 182 valence electrons. The van der Waals surface area contributed by atoms with Crippen LogP contribution in [-0.2, 0) is 9.47 Å². The number of nitrogen functional groups attached to an aromatic ring is 1. The lowest BCUT2D eigenvalue weighted by Crippen LogP contribution is -2.23. The van der Waals surface area contributed by atoms with Gasteiger partial charge in [0.25, 0.3) is 0 Å². The summed E-state index contributed by atoms with van der Waals surface area (Å²) in [5.41, 5.74) is 6.35. The number of pyridine rings is 1. The zero-order valence-corrected chi connectivity index (χ0v) is 18.5. The molecule has 1 amide bonds. The van der Waals surface area contributed by atoms with Crippen molar-refractivity contribution >= 4 is 46.5 Å². The quantitative estimate of drug-likeness (QED) is 0.105. The summed E-state index contributed by atoms with van der Waals surface area (Å²) in [4.78, 5) is 37.8. The lowest BCUT2D eigenvalue weighted by Gasteiger charge is -2.13. The highest BCUT2D eigenvalue weighted by Crippen LogP contribution is 2.32. The highest BCUT2D eigenvalue weighted by molar-refractivity contribution is 5.93. The fourth-order valence-electron chi connectivity index (χ4n) is 2.69. The lowest BCUT2D eigenvalue weighted by atomic mass is 10.2. The molecule has 2 aromatic rings. The van der Waals surface area contributed by atoms with Gasteiger partial charge in [0, 0.05) is 11.8 Å². The third-order valence-electron chi connectivity index (χ3n) is 4.22. The van der Waals surface area contributed by atoms with Crippen molar-refractivity contribution in [3.8, 4) is 0 Å². The van der Waals surface area contributed by atoms with Crippen molar-refractivity contribution in [1.29, 1.82) is 0 Å². The second-order valence-corrected chi connectivity index (χ2v) is 6.56. The minimum atomic E-state index is -0.801. The summed E-state index contributed by atoms with van der Waals surface area (Å²) in [5.74, 6) is -0.929. The Balaban J connectivity index is 2.06. The van der Waals surface area contributed by atoms with E-state index in [9.17, 15) is 24.9 Å². The summed E-state index contributed by atoms with van der Waals surface area (Å²) < 4.78 is 9.68. The lowest BCUT2D eigenvalue weighted by molar-refractivity contribution is -0.383. The fraction of sp³-hybridized carbons (Fsp3) is 0.300. The van der Waals surface area contributed by atoms with Gasteiger partial charge in [0.2, 0.25) is 5.82 Å². The van der Waals surface area contributed by atoms with Gasteiger partial charge in [0.1, 0.15) is 11.5 Å². The van der Waals surface area contributed by atoms with Crippen LogP contribution < -0.4 is 21.7 Å². The number of hydrogen-bond acceptors (Lipinski definition) is 12. The number of benzene rings is 1. The number of nitrogens with zero attached hydrogens (tertiary/aromatic N) is 3. The minimum Gasteiger partial charge on any atom is -0.462 e. The molecule has 34 heavy (non-hydrogen) atoms. The molecule has 0 radical (unpaired) electrons. The molecule has 0 fully saturated rings. The molecule has 0 saturated carbocycles. The Kier molecular flexibility index (Phi) is 9.37. The molecule has 0 atom stereocenters. The molecule has 6 N–H and O–H groups in total. The normalized spacial score (nSPS) is 10.8. The highest BCUT2D eigenvalue weighted by Gasteiger charge is 2.22. The van der Waals surface area contributed by atoms with Crippen LogP contribution in [0.2, 0.25) is 0 Å². The summed E-state index contributed by atoms with van der Waals surface area (Å²) in [7, 11) is 0. The van der Waals surface area contributed by atoms with Crippen LogP contribution in [0.3, 0.4) is 0 Å². The maximum Gasteiger partial charge on any atom is 0.412 e. The van der Waals surface area contributed by atoms with Crippen molar-refractivity contribution in [2.45, 2.75) is 13.8 Å². The number of carbonyl (C=O) groups excluding carboxylic acids is 2. The van der Waals surface area contributed by atoms with Gasteiger partial charge >= 0.3 is 17.7 Å². The second kappa shape index (κ2) is 12.4. The van der Waals surface area contributed by atoms with Crippen molar-refractivity contribution in [1.82, 2.24) is 4.98 Å². The number of oxime groups is 1. The number of aromatic nitrogens is 1. The van der Waals surface area contributed by atoms with Gasteiger partial charge in [-0.3, -0.25) is 15.4 Å². The van der Waals surface area contributed by atoms with Crippen LogP contribution in [0.15, 0.2) is 35.5 Å². The number of rotatable bonds is 11. The first-order valence-corrected chi connectivity index (χ1v) is 10.1. The number of nitrogens with one attached hydrogen (secondary N) is 3. The molecule has 1 heterocycles. The molecule has 0 aliphatic rings. The van der Waals surface area contributed by atoms with E-state index in [4.69, 9.17) is 15.2 Å². The fourth-order valence-corrected chi connectivity index (χ4v) is 2.69. The van der Waals surface area contributed by atoms with E-state index in [1.54, 1.807) is 38.1 Å². The average molecular weight is 475 g/mol. The molecular formula is C20H25N7O7. The average Bonchev–Trinajstić information content (AvgIpc) is 2.79. The summed E-state index contributed by atoms with van der Waals surface area (Å²) in [6, 6.07) is 7.67. The zero-order chi connectivity index (χ0) is 25.1. The molecule has 0 bridgehead atoms. The Morgan fingerprint density at radius 1 is 1.15 bits per heavy atom. The van der Waals surface area contributed by atoms with Crippen molar-refractivity contribution in [2.24, 2.45) is 5.16 Å². The minimum absolute atomic E-state index is 0.0516. The number of amides is 1. The Bertz CT molecular complexity index is 1060. The maximum atomic E-state index is 11.7. The van der Waals surface area contributed by atoms with Crippen molar-refractivity contribution in [2.75, 3.05) is 48.0 Å². The topological polar surface area (TPSA) is 203 Å². The first-order chi connectivity index (χ1) is 16.3. The van der Waals surface area contributed by atoms with Gasteiger partial charge in [0.15, 0.2) is 0 Å². The third kappa shape index (κ3) is 7.22. The number of nitro groups is 1. The first kappa shape index (κ1) is 25.6. The second-order valence-electron chi connectivity index (χ2n) is 6.56. The van der Waals surface area contributed by atoms with E-state index in [1.165, 1.54) is 6.07 Å². The number of nitrogens with two attached hydrogens (primary N) is 1. The molecule has 14 nitrogen and oxygen atoms in total. The van der Waals surface area contributed by atoms with E-state index in [1.807, 2.05) is 0 Å². The predicted octanol–water partition coefficient (Wildman–Crippen LogP) is 2.67. The number of hydrogen-bond donors (Lipinski definition) is 5. The Labute approximate surface area is 194 Å². The maximum absolute atomic E-state index is 11.7. The summed E-state index contributed by atoms with van der Waals surface area (Å²) in [6.45, 7) is 3.68. The largest absolute Gasteiger partial charge is 0.462 e. The van der Waals surface area contributed by atoms with Crippen LogP contribution in [-0.4, -0.2) is 59.2 Å². The highest BCUT2D eigenvalue weighted by atomic mass is 16.6. The van der Waals surface area contributed by atoms with Gasteiger partial charge in [-0.15, -0.1) is 0 Å². The Morgan fingerprint density at radius 3 is 2.38 bits per heavy atom. The smallest absolute Gasteiger partial charge is 0.412 e. The number of esters is 1. The summed E-state index contributed by atoms with van der Waals surface area (Å²) in [6.07, 6.45) is -0.801. The van der Waals surface area contributed by atoms with Crippen LogP contribution in [0.4, 0.5) is 33.5 Å². The number of carbonyl (C=O) groups is 2. The van der Waals surface area contributed by atoms with Crippen LogP contribution in [0.25, 0.3) is 0 Å². The molecule has 1 aromatic heterocycles. The van der Waals surface area contributed by atoms with E-state index < -0.39 is 28.5 Å². The van der Waals surface area contributed by atoms with E-state index in [0.29, 0.717) is 11.3 Å². The molecule has 0 unspecified atom stereocenters. The third-order valence-corrected chi connectivity index (χ3v) is 4.22. The number of anilines is 4. The van der Waals surface area contributed by atoms with E-state index in [-0.39, 0.29) is 43.5 Å². The van der Waals surface area contributed by atoms with Gasteiger partial charge in [-0.1, -0.05) is 5.16 Å². The van der Waals surface area contributed by atoms with Gasteiger partial charge < -0.3 is 31.0 Å². The molecular weight excluding hydrogens is 450 g/mol. The van der Waals surface area contributed by atoms with Crippen molar-refractivity contribution in [3.63, 3.8) is 0 Å². The van der Waals surface area contributed by atoms with E-state index in [2.05, 4.69) is 26.1 Å². The predicted molar refractivity (Wildman–Crippen MR) is 125 cm³/mol. The SMILES string of the molecule is CCOC(=O)Nc1cc(NC/C(CNc2ccc(C(=O)OCC)cc2)=N/O)c([N+](=O)[O-])c(N)n1. The summed E-state index contributed by atoms with van der Waals surface area (Å²) in [5, 5.41) is 32.0. The van der Waals surface area contributed by atoms with Gasteiger partial charge in [-0.2, -0.15) is 0 Å². The van der Waals surface area contributed by atoms with Crippen LogP contribution in [0.1, 0.15) is 24.2 Å². The molecule has 1 aromatic carbocycles. The van der Waals surface area contributed by atoms with Crippen LogP contribution in [0.5, 0.6) is 0 Å². The molecule has 14 heteroatoms. The zero-order valence-electron chi connectivity index (χ0n) is 18.5. The standard InChI is InChI=1S/C20H25N7O7/c1-3-33-19(28)12-5-7-13(8-6-12)22-10-14(26-30)11-23-15-9-16(25-20(29)34-4-2)24-18(21)17(15)27(31)32/h5-9,22,30H,3-4,10-11H2,1-2H3,(H4,21,23,24,25,29)/b26-14+. The van der Waals surface area contributed by atoms with E-state index >= 15 is 0 Å². The van der Waals surface area contributed by atoms with Crippen LogP contribution >= 0.6 is 0 Å². The van der Waals surface area contributed by atoms with Gasteiger partial charge in [-0.05, 0) is 38.1 Å². The Morgan fingerprint density at radius 2 is 1.79 bits per heavy atom. The number of ether oxygens (including phenoxy) is 2.